The number of rotatable bonds is 5. The molecule has 0 aliphatic heterocycles. The number of benzene rings is 2. The van der Waals surface area contributed by atoms with Crippen LogP contribution in [0, 0.1) is 0 Å². The number of hydrogen-bond donors (Lipinski definition) is 1. The van der Waals surface area contributed by atoms with Gasteiger partial charge in [0.15, 0.2) is 11.5 Å². The van der Waals surface area contributed by atoms with Gasteiger partial charge < -0.3 is 15.2 Å². The summed E-state index contributed by atoms with van der Waals surface area (Å²) in [5, 5.41) is 0.656. The number of ether oxygens (including phenoxy) is 2. The molecule has 4 nitrogen and oxygen atoms in total. The molecule has 1 amide bonds. The molecule has 0 radical (unpaired) electrons. The maximum atomic E-state index is 11.4. The van der Waals surface area contributed by atoms with Gasteiger partial charge in [0.1, 0.15) is 6.61 Å². The van der Waals surface area contributed by atoms with Crippen molar-refractivity contribution in [1.29, 1.82) is 0 Å². The minimum absolute atomic E-state index is 0.290. The molecule has 2 rings (SSSR count). The highest BCUT2D eigenvalue weighted by atomic mass is 35.5. The fraction of sp³-hybridized carbons (Fsp3) is 0.133. The molecule has 2 aromatic carbocycles. The first kappa shape index (κ1) is 14.2. The third kappa shape index (κ3) is 3.22. The Kier molecular flexibility index (Phi) is 4.48. The van der Waals surface area contributed by atoms with Gasteiger partial charge in [-0.2, -0.15) is 0 Å². The Hall–Kier alpha value is -2.20. The second-order valence-electron chi connectivity index (χ2n) is 4.12. The molecular weight excluding hydrogens is 278 g/mol. The number of para-hydroxylation sites is 1. The van der Waals surface area contributed by atoms with Crippen LogP contribution in [0.4, 0.5) is 0 Å². The average molecular weight is 292 g/mol. The molecule has 0 aliphatic carbocycles. The molecule has 2 aromatic rings. The summed E-state index contributed by atoms with van der Waals surface area (Å²) in [5.41, 5.74) is 6.55. The molecule has 0 unspecified atom stereocenters. The van der Waals surface area contributed by atoms with Crippen LogP contribution in [0.5, 0.6) is 11.5 Å². The quantitative estimate of drug-likeness (QED) is 0.921. The highest BCUT2D eigenvalue weighted by Gasteiger charge is 2.14. The number of amides is 1. The number of hydrogen-bond acceptors (Lipinski definition) is 3. The number of primary amides is 1. The van der Waals surface area contributed by atoms with Gasteiger partial charge in [-0.15, -0.1) is 0 Å². The second-order valence-corrected chi connectivity index (χ2v) is 4.55. The van der Waals surface area contributed by atoms with E-state index in [1.807, 2.05) is 12.1 Å². The summed E-state index contributed by atoms with van der Waals surface area (Å²) in [6.07, 6.45) is 0. The smallest absolute Gasteiger partial charge is 0.252 e. The highest BCUT2D eigenvalue weighted by Crippen LogP contribution is 2.31. The number of nitrogens with two attached hydrogens (primary N) is 1. The Labute approximate surface area is 122 Å². The largest absolute Gasteiger partial charge is 0.493 e. The van der Waals surface area contributed by atoms with Gasteiger partial charge in [-0.1, -0.05) is 29.8 Å². The lowest BCUT2D eigenvalue weighted by molar-refractivity contribution is 0.0995. The Morgan fingerprint density at radius 2 is 1.90 bits per heavy atom. The fourth-order valence-electron chi connectivity index (χ4n) is 1.76. The van der Waals surface area contributed by atoms with Gasteiger partial charge in [-0.3, -0.25) is 4.79 Å². The van der Waals surface area contributed by atoms with Crippen molar-refractivity contribution in [3.63, 3.8) is 0 Å². The normalized spacial score (nSPS) is 10.1. The zero-order valence-electron chi connectivity index (χ0n) is 10.9. The zero-order chi connectivity index (χ0) is 14.5. The van der Waals surface area contributed by atoms with Gasteiger partial charge in [0.25, 0.3) is 5.91 Å². The lowest BCUT2D eigenvalue weighted by Gasteiger charge is -2.13. The zero-order valence-corrected chi connectivity index (χ0v) is 11.7. The summed E-state index contributed by atoms with van der Waals surface area (Å²) in [6, 6.07) is 12.2. The number of methoxy groups -OCH3 is 1. The van der Waals surface area contributed by atoms with E-state index in [2.05, 4.69) is 0 Å². The molecule has 104 valence electrons. The Balaban J connectivity index is 2.23. The van der Waals surface area contributed by atoms with Crippen molar-refractivity contribution < 1.29 is 14.3 Å². The molecule has 0 heterocycles. The third-order valence-corrected chi connectivity index (χ3v) is 3.01. The minimum atomic E-state index is -0.560. The average Bonchev–Trinajstić information content (AvgIpc) is 2.46. The van der Waals surface area contributed by atoms with Crippen molar-refractivity contribution in [2.45, 2.75) is 6.61 Å². The number of carbonyl (C=O) groups is 1. The predicted octanol–water partition coefficient (Wildman–Crippen LogP) is 3.03. The summed E-state index contributed by atoms with van der Waals surface area (Å²) in [4.78, 5) is 11.4. The van der Waals surface area contributed by atoms with E-state index >= 15 is 0 Å². The van der Waals surface area contributed by atoms with Crippen LogP contribution >= 0.6 is 11.6 Å². The number of halogens is 1. The minimum Gasteiger partial charge on any atom is -0.493 e. The van der Waals surface area contributed by atoms with Crippen LogP contribution in [0.15, 0.2) is 42.5 Å². The molecule has 2 N–H and O–H groups in total. The van der Waals surface area contributed by atoms with E-state index in [4.69, 9.17) is 26.8 Å². The number of carbonyl (C=O) groups excluding carboxylic acids is 1. The Bertz CT molecular complexity index is 611. The van der Waals surface area contributed by atoms with Crippen LogP contribution in [0.2, 0.25) is 5.02 Å². The topological polar surface area (TPSA) is 61.5 Å². The lowest BCUT2D eigenvalue weighted by Crippen LogP contribution is -2.13. The predicted molar refractivity (Wildman–Crippen MR) is 77.3 cm³/mol. The van der Waals surface area contributed by atoms with Crippen molar-refractivity contribution >= 4 is 17.5 Å². The lowest BCUT2D eigenvalue weighted by atomic mass is 10.1. The van der Waals surface area contributed by atoms with Crippen molar-refractivity contribution in [1.82, 2.24) is 0 Å². The summed E-state index contributed by atoms with van der Waals surface area (Å²) in [5.74, 6) is 0.253. The summed E-state index contributed by atoms with van der Waals surface area (Å²) in [6.45, 7) is 0.290. The van der Waals surface area contributed by atoms with Crippen LogP contribution in [0.3, 0.4) is 0 Å². The maximum absolute atomic E-state index is 11.4. The van der Waals surface area contributed by atoms with E-state index in [0.717, 1.165) is 5.56 Å². The van der Waals surface area contributed by atoms with Crippen LogP contribution in [-0.4, -0.2) is 13.0 Å². The van der Waals surface area contributed by atoms with Gasteiger partial charge in [-0.05, 0) is 29.8 Å². The van der Waals surface area contributed by atoms with Gasteiger partial charge in [0, 0.05) is 5.02 Å². The van der Waals surface area contributed by atoms with Crippen molar-refractivity contribution in [2.24, 2.45) is 5.73 Å². The maximum Gasteiger partial charge on any atom is 0.252 e. The molecule has 20 heavy (non-hydrogen) atoms. The molecule has 0 saturated carbocycles. The summed E-state index contributed by atoms with van der Waals surface area (Å²) < 4.78 is 10.9. The molecule has 0 aliphatic rings. The van der Waals surface area contributed by atoms with E-state index in [-0.39, 0.29) is 6.61 Å². The Morgan fingerprint density at radius 3 is 2.50 bits per heavy atom. The van der Waals surface area contributed by atoms with Gasteiger partial charge in [0.05, 0.1) is 12.7 Å². The van der Waals surface area contributed by atoms with Crippen molar-refractivity contribution in [3.8, 4) is 11.5 Å². The first-order valence-electron chi connectivity index (χ1n) is 5.96. The summed E-state index contributed by atoms with van der Waals surface area (Å²) in [7, 11) is 1.51. The molecular formula is C15H14ClNO3. The summed E-state index contributed by atoms with van der Waals surface area (Å²) >= 11 is 5.82. The first-order valence-corrected chi connectivity index (χ1v) is 6.33. The van der Waals surface area contributed by atoms with Crippen LogP contribution in [0.1, 0.15) is 15.9 Å². The first-order chi connectivity index (χ1) is 9.61. The molecule has 0 bridgehead atoms. The van der Waals surface area contributed by atoms with Crippen molar-refractivity contribution in [3.05, 3.63) is 58.6 Å². The van der Waals surface area contributed by atoms with Gasteiger partial charge in [-0.25, -0.2) is 0 Å². The highest BCUT2D eigenvalue weighted by molar-refractivity contribution is 6.30. The third-order valence-electron chi connectivity index (χ3n) is 2.76. The van der Waals surface area contributed by atoms with Gasteiger partial charge in [0.2, 0.25) is 0 Å². The second kappa shape index (κ2) is 6.30. The van der Waals surface area contributed by atoms with E-state index < -0.39 is 5.91 Å². The monoisotopic (exact) mass is 291 g/mol. The van der Waals surface area contributed by atoms with E-state index in [9.17, 15) is 4.79 Å². The fourth-order valence-corrected chi connectivity index (χ4v) is 1.88. The van der Waals surface area contributed by atoms with Crippen LogP contribution < -0.4 is 15.2 Å². The van der Waals surface area contributed by atoms with Crippen LogP contribution in [0.25, 0.3) is 0 Å². The molecule has 0 atom stereocenters. The van der Waals surface area contributed by atoms with Crippen molar-refractivity contribution in [2.75, 3.05) is 7.11 Å². The molecule has 0 fully saturated rings. The SMILES string of the molecule is COc1cccc(C(N)=O)c1OCc1ccc(Cl)cc1. The molecule has 0 spiro atoms. The molecule has 5 heteroatoms. The van der Waals surface area contributed by atoms with Crippen LogP contribution in [-0.2, 0) is 6.61 Å². The van der Waals surface area contributed by atoms with E-state index in [1.54, 1.807) is 30.3 Å². The molecule has 0 aromatic heterocycles. The standard InChI is InChI=1S/C15H14ClNO3/c1-19-13-4-2-3-12(15(17)18)14(13)20-9-10-5-7-11(16)8-6-10/h2-8H,9H2,1H3,(H2,17,18). The van der Waals surface area contributed by atoms with Gasteiger partial charge >= 0.3 is 0 Å². The van der Waals surface area contributed by atoms with E-state index in [1.165, 1.54) is 7.11 Å². The molecule has 0 saturated heterocycles. The Morgan fingerprint density at radius 1 is 1.20 bits per heavy atom. The van der Waals surface area contributed by atoms with E-state index in [0.29, 0.717) is 22.1 Å².